The second-order valence-electron chi connectivity index (χ2n) is 2.64. The average molecular weight is 232 g/mol. The first-order valence-corrected chi connectivity index (χ1v) is 5.24. The molecule has 0 bridgehead atoms. The lowest BCUT2D eigenvalue weighted by Crippen LogP contribution is -2.30. The van der Waals surface area contributed by atoms with E-state index in [1.165, 1.54) is 11.8 Å². The van der Waals surface area contributed by atoms with E-state index in [4.69, 9.17) is 11.6 Å². The molecule has 68 valence electrons. The van der Waals surface area contributed by atoms with Crippen LogP contribution in [0.2, 0.25) is 0 Å². The zero-order valence-corrected chi connectivity index (χ0v) is 8.92. The summed E-state index contributed by atoms with van der Waals surface area (Å²) in [4.78, 5) is 12.0. The Hall–Kier alpha value is -0.320. The van der Waals surface area contributed by atoms with Gasteiger partial charge in [0, 0.05) is 4.90 Å². The van der Waals surface area contributed by atoms with Crippen LogP contribution in [0.25, 0.3) is 0 Å². The maximum atomic E-state index is 11.0. The molecule has 1 aliphatic rings. The Morgan fingerprint density at radius 1 is 1.54 bits per heavy atom. The summed E-state index contributed by atoms with van der Waals surface area (Å²) in [7, 11) is 0. The normalized spacial score (nSPS) is 25.1. The summed E-state index contributed by atoms with van der Waals surface area (Å²) < 4.78 is -1.01. The quantitative estimate of drug-likeness (QED) is 0.575. The SMILES string of the molecule is O=C(Cl)C1(S)Nc2ccccc2S1. The van der Waals surface area contributed by atoms with Crippen molar-refractivity contribution in [3.63, 3.8) is 0 Å². The van der Waals surface area contributed by atoms with Gasteiger partial charge in [0.15, 0.2) is 0 Å². The lowest BCUT2D eigenvalue weighted by molar-refractivity contribution is -0.111. The molecule has 2 nitrogen and oxygen atoms in total. The van der Waals surface area contributed by atoms with E-state index in [1.807, 2.05) is 24.3 Å². The van der Waals surface area contributed by atoms with Gasteiger partial charge in [-0.2, -0.15) is 0 Å². The van der Waals surface area contributed by atoms with Gasteiger partial charge >= 0.3 is 0 Å². The first-order valence-electron chi connectivity index (χ1n) is 3.60. The monoisotopic (exact) mass is 231 g/mol. The van der Waals surface area contributed by atoms with E-state index in [0.29, 0.717) is 0 Å². The Labute approximate surface area is 90.4 Å². The summed E-state index contributed by atoms with van der Waals surface area (Å²) in [6.07, 6.45) is 0. The Balaban J connectivity index is 2.37. The summed E-state index contributed by atoms with van der Waals surface area (Å²) in [5.41, 5.74) is 0.900. The first-order chi connectivity index (χ1) is 6.12. The lowest BCUT2D eigenvalue weighted by Gasteiger charge is -2.16. The van der Waals surface area contributed by atoms with Crippen molar-refractivity contribution in [2.24, 2.45) is 0 Å². The van der Waals surface area contributed by atoms with Crippen LogP contribution in [0.1, 0.15) is 0 Å². The van der Waals surface area contributed by atoms with E-state index < -0.39 is 9.45 Å². The predicted octanol–water partition coefficient (Wildman–Crippen LogP) is 2.55. The Bertz CT molecular complexity index is 344. The van der Waals surface area contributed by atoms with Crippen molar-refractivity contribution < 1.29 is 4.79 Å². The molecule has 2 rings (SSSR count). The highest BCUT2D eigenvalue weighted by Gasteiger charge is 2.40. The third-order valence-electron chi connectivity index (χ3n) is 1.72. The second-order valence-corrected chi connectivity index (χ2v) is 5.21. The van der Waals surface area contributed by atoms with Gasteiger partial charge in [-0.15, -0.1) is 12.6 Å². The minimum Gasteiger partial charge on any atom is -0.354 e. The molecule has 1 aromatic carbocycles. The van der Waals surface area contributed by atoms with Gasteiger partial charge in [-0.3, -0.25) is 4.79 Å². The number of hydrogen-bond acceptors (Lipinski definition) is 4. The number of carbonyl (C=O) groups excluding carboxylic acids is 1. The number of hydrogen-bond donors (Lipinski definition) is 2. The van der Waals surface area contributed by atoms with E-state index in [9.17, 15) is 4.79 Å². The van der Waals surface area contributed by atoms with Crippen LogP contribution in [0.15, 0.2) is 29.2 Å². The van der Waals surface area contributed by atoms with Crippen LogP contribution in [0, 0.1) is 0 Å². The van der Waals surface area contributed by atoms with Crippen LogP contribution in [-0.2, 0) is 4.79 Å². The molecular formula is C8H6ClNOS2. The van der Waals surface area contributed by atoms with E-state index in [0.717, 1.165) is 10.6 Å². The van der Waals surface area contributed by atoms with E-state index >= 15 is 0 Å². The number of para-hydroxylation sites is 1. The van der Waals surface area contributed by atoms with Crippen molar-refractivity contribution in [1.29, 1.82) is 0 Å². The van der Waals surface area contributed by atoms with Gasteiger partial charge in [0.25, 0.3) is 5.24 Å². The van der Waals surface area contributed by atoms with Crippen molar-refractivity contribution >= 4 is 46.9 Å². The maximum Gasteiger partial charge on any atom is 0.268 e. The minimum absolute atomic E-state index is 0.503. The highest BCUT2D eigenvalue weighted by Crippen LogP contribution is 2.48. The molecule has 1 unspecified atom stereocenters. The molecule has 0 fully saturated rings. The Morgan fingerprint density at radius 3 is 2.85 bits per heavy atom. The summed E-state index contributed by atoms with van der Waals surface area (Å²) in [6.45, 7) is 0. The van der Waals surface area contributed by atoms with Gasteiger partial charge < -0.3 is 5.32 Å². The molecule has 0 aromatic heterocycles. The number of fused-ring (bicyclic) bond motifs is 1. The summed E-state index contributed by atoms with van der Waals surface area (Å²) in [5, 5.41) is 2.45. The highest BCUT2D eigenvalue weighted by molar-refractivity contribution is 8.13. The Kier molecular flexibility index (Phi) is 2.21. The number of halogens is 1. The largest absolute Gasteiger partial charge is 0.354 e. The zero-order valence-electron chi connectivity index (χ0n) is 6.45. The third-order valence-corrected chi connectivity index (χ3v) is 3.99. The predicted molar refractivity (Wildman–Crippen MR) is 58.5 cm³/mol. The molecule has 1 heterocycles. The molecule has 0 spiro atoms. The maximum absolute atomic E-state index is 11.0. The van der Waals surface area contributed by atoms with Gasteiger partial charge in [-0.1, -0.05) is 23.9 Å². The number of rotatable bonds is 1. The van der Waals surface area contributed by atoms with Crippen LogP contribution in [0.4, 0.5) is 5.69 Å². The standard InChI is InChI=1S/C8H6ClNOS2/c9-7(11)8(12)10-5-3-1-2-4-6(5)13-8/h1-4,10,12H. The van der Waals surface area contributed by atoms with Crippen LogP contribution in [0.3, 0.4) is 0 Å². The molecule has 1 atom stereocenters. The minimum atomic E-state index is -1.01. The van der Waals surface area contributed by atoms with E-state index in [2.05, 4.69) is 17.9 Å². The van der Waals surface area contributed by atoms with Gasteiger partial charge in [0.05, 0.1) is 5.69 Å². The second kappa shape index (κ2) is 3.12. The summed E-state index contributed by atoms with van der Waals surface area (Å²) >= 11 is 10.9. The summed E-state index contributed by atoms with van der Waals surface area (Å²) in [5.74, 6) is 0. The van der Waals surface area contributed by atoms with E-state index in [1.54, 1.807) is 0 Å². The van der Waals surface area contributed by atoms with Gasteiger partial charge in [-0.05, 0) is 23.7 Å². The smallest absolute Gasteiger partial charge is 0.268 e. The molecule has 0 aliphatic carbocycles. The average Bonchev–Trinajstić information content (AvgIpc) is 2.42. The van der Waals surface area contributed by atoms with Gasteiger partial charge in [-0.25, -0.2) is 0 Å². The lowest BCUT2D eigenvalue weighted by atomic mass is 10.3. The molecule has 13 heavy (non-hydrogen) atoms. The number of anilines is 1. The number of thiol groups is 1. The van der Waals surface area contributed by atoms with Crippen LogP contribution in [0.5, 0.6) is 0 Å². The summed E-state index contributed by atoms with van der Waals surface area (Å²) in [6, 6.07) is 7.61. The fraction of sp³-hybridized carbons (Fsp3) is 0.125. The first kappa shape index (κ1) is 9.24. The Morgan fingerprint density at radius 2 is 2.23 bits per heavy atom. The van der Waals surface area contributed by atoms with Gasteiger partial charge in [0.2, 0.25) is 4.20 Å². The molecule has 1 aliphatic heterocycles. The highest BCUT2D eigenvalue weighted by atomic mass is 35.5. The number of thioether (sulfide) groups is 1. The fourth-order valence-corrected chi connectivity index (χ4v) is 2.63. The number of benzene rings is 1. The van der Waals surface area contributed by atoms with Gasteiger partial charge in [0.1, 0.15) is 0 Å². The molecule has 1 aromatic rings. The fourth-order valence-electron chi connectivity index (χ4n) is 1.12. The molecular weight excluding hydrogens is 226 g/mol. The molecule has 1 N–H and O–H groups in total. The zero-order chi connectivity index (χ0) is 9.47. The van der Waals surface area contributed by atoms with Crippen LogP contribution in [-0.4, -0.2) is 9.45 Å². The van der Waals surface area contributed by atoms with Crippen molar-refractivity contribution in [2.75, 3.05) is 5.32 Å². The molecule has 0 amide bonds. The van der Waals surface area contributed by atoms with Crippen LogP contribution < -0.4 is 5.32 Å². The molecule has 5 heteroatoms. The van der Waals surface area contributed by atoms with Crippen molar-refractivity contribution in [2.45, 2.75) is 9.10 Å². The third kappa shape index (κ3) is 1.54. The van der Waals surface area contributed by atoms with Crippen molar-refractivity contribution in [3.05, 3.63) is 24.3 Å². The van der Waals surface area contributed by atoms with Crippen LogP contribution >= 0.6 is 36.0 Å². The van der Waals surface area contributed by atoms with Crippen molar-refractivity contribution in [1.82, 2.24) is 0 Å². The molecule has 0 radical (unpaired) electrons. The molecule has 0 saturated heterocycles. The molecule has 0 saturated carbocycles. The topological polar surface area (TPSA) is 29.1 Å². The van der Waals surface area contributed by atoms with Crippen molar-refractivity contribution in [3.8, 4) is 0 Å². The van der Waals surface area contributed by atoms with E-state index in [-0.39, 0.29) is 0 Å². The number of carbonyl (C=O) groups is 1. The number of nitrogens with one attached hydrogen (secondary N) is 1.